The Morgan fingerprint density at radius 1 is 0.232 bits per heavy atom. The topological polar surface area (TPSA) is 40.6 Å². The molecule has 5 heteroatoms. The molecule has 0 atom stereocenters. The Hall–Kier alpha value is -9.32. The van der Waals surface area contributed by atoms with Crippen LogP contribution in [0.4, 0.5) is 0 Å². The first kappa shape index (κ1) is 37.9. The van der Waals surface area contributed by atoms with Gasteiger partial charge >= 0.3 is 0 Å². The number of para-hydroxylation sites is 6. The Labute approximate surface area is 396 Å². The van der Waals surface area contributed by atoms with E-state index in [1.54, 1.807) is 0 Å². The molecule has 15 rings (SSSR count). The van der Waals surface area contributed by atoms with E-state index in [1.165, 1.54) is 75.7 Å². The molecular weight excluding hydrogens is 839 g/mol. The predicted octanol–water partition coefficient (Wildman–Crippen LogP) is 16.6. The first-order chi connectivity index (χ1) is 34.2. The lowest BCUT2D eigenvalue weighted by Crippen LogP contribution is -2.06. The van der Waals surface area contributed by atoms with E-state index in [1.807, 2.05) is 0 Å². The highest BCUT2D eigenvalue weighted by Gasteiger charge is 2.21. The molecule has 0 amide bonds. The van der Waals surface area contributed by atoms with Crippen LogP contribution in [0.3, 0.4) is 0 Å². The predicted molar refractivity (Wildman–Crippen MR) is 288 cm³/mol. The van der Waals surface area contributed by atoms with Gasteiger partial charge in [-0.25, -0.2) is 9.97 Å². The molecule has 4 heterocycles. The van der Waals surface area contributed by atoms with Crippen LogP contribution in [0, 0.1) is 0 Å². The molecule has 5 nitrogen and oxygen atoms in total. The Kier molecular flexibility index (Phi) is 8.00. The summed E-state index contributed by atoms with van der Waals surface area (Å²) >= 11 is 0. The first-order valence-electron chi connectivity index (χ1n) is 23.6. The van der Waals surface area contributed by atoms with Gasteiger partial charge in [-0.05, 0) is 92.7 Å². The summed E-state index contributed by atoms with van der Waals surface area (Å²) in [6, 6.07) is 85.5. The van der Waals surface area contributed by atoms with Crippen LogP contribution in [0.5, 0.6) is 0 Å². The molecule has 0 radical (unpaired) electrons. The summed E-state index contributed by atoms with van der Waals surface area (Å²) in [5.74, 6) is 2.29. The Morgan fingerprint density at radius 2 is 0.638 bits per heavy atom. The van der Waals surface area contributed by atoms with E-state index < -0.39 is 0 Å². The van der Waals surface area contributed by atoms with Gasteiger partial charge in [0.25, 0.3) is 0 Å². The SMILES string of the molecule is c1ccc(-n2c3ccccc3c3c4c5ccccc5c5cc(-c6ccc(-c7nc(-n8c9ccccc9c9ccccc98)cc(-n8c9ccccc9c9ccccc98)n7)cc6)ccc5c4ccc32)cc1. The van der Waals surface area contributed by atoms with E-state index in [0.29, 0.717) is 5.82 Å². The zero-order chi connectivity index (χ0) is 45.2. The van der Waals surface area contributed by atoms with Gasteiger partial charge in [0.1, 0.15) is 11.6 Å². The first-order valence-corrected chi connectivity index (χ1v) is 23.6. The third-order valence-electron chi connectivity index (χ3n) is 14.4. The fourth-order valence-corrected chi connectivity index (χ4v) is 11.5. The van der Waals surface area contributed by atoms with Crippen molar-refractivity contribution in [2.75, 3.05) is 0 Å². The Morgan fingerprint density at radius 3 is 1.20 bits per heavy atom. The Balaban J connectivity index is 0.906. The van der Waals surface area contributed by atoms with Crippen molar-refractivity contribution in [1.82, 2.24) is 23.7 Å². The van der Waals surface area contributed by atoms with Crippen molar-refractivity contribution in [3.05, 3.63) is 237 Å². The lowest BCUT2D eigenvalue weighted by atomic mass is 9.90. The average molecular weight is 878 g/mol. The number of benzene rings is 11. The minimum Gasteiger partial charge on any atom is -0.309 e. The second-order valence-corrected chi connectivity index (χ2v) is 18.1. The van der Waals surface area contributed by atoms with Crippen molar-refractivity contribution in [1.29, 1.82) is 0 Å². The maximum absolute atomic E-state index is 5.42. The van der Waals surface area contributed by atoms with Crippen molar-refractivity contribution >= 4 is 97.7 Å². The summed E-state index contributed by atoms with van der Waals surface area (Å²) in [5.41, 5.74) is 11.2. The lowest BCUT2D eigenvalue weighted by molar-refractivity contribution is 0.994. The average Bonchev–Trinajstić information content (AvgIpc) is 4.07. The van der Waals surface area contributed by atoms with E-state index in [9.17, 15) is 0 Å². The van der Waals surface area contributed by atoms with E-state index >= 15 is 0 Å². The van der Waals surface area contributed by atoms with E-state index in [-0.39, 0.29) is 0 Å². The molecule has 69 heavy (non-hydrogen) atoms. The van der Waals surface area contributed by atoms with Crippen LogP contribution in [-0.2, 0) is 0 Å². The molecule has 0 fully saturated rings. The Bertz CT molecular complexity index is 4330. The van der Waals surface area contributed by atoms with Crippen molar-refractivity contribution < 1.29 is 0 Å². The zero-order valence-electron chi connectivity index (χ0n) is 37.3. The van der Waals surface area contributed by atoms with Gasteiger partial charge in [0.15, 0.2) is 5.82 Å². The minimum absolute atomic E-state index is 0.661. The monoisotopic (exact) mass is 877 g/mol. The summed E-state index contributed by atoms with van der Waals surface area (Å²) in [6.07, 6.45) is 0. The number of aromatic nitrogens is 5. The van der Waals surface area contributed by atoms with Crippen LogP contribution in [-0.4, -0.2) is 23.7 Å². The maximum Gasteiger partial charge on any atom is 0.163 e. The fourth-order valence-electron chi connectivity index (χ4n) is 11.5. The van der Waals surface area contributed by atoms with Gasteiger partial charge in [0.05, 0.1) is 33.1 Å². The summed E-state index contributed by atoms with van der Waals surface area (Å²) < 4.78 is 6.99. The van der Waals surface area contributed by atoms with Gasteiger partial charge in [-0.15, -0.1) is 0 Å². The number of nitrogens with zero attached hydrogens (tertiary/aromatic N) is 5. The fraction of sp³-hybridized carbons (Fsp3) is 0. The number of hydrogen-bond acceptors (Lipinski definition) is 2. The second kappa shape index (κ2) is 14.6. The zero-order valence-corrected chi connectivity index (χ0v) is 37.3. The van der Waals surface area contributed by atoms with E-state index in [0.717, 1.165) is 56.1 Å². The summed E-state index contributed by atoms with van der Waals surface area (Å²) in [4.78, 5) is 10.8. The van der Waals surface area contributed by atoms with Gasteiger partial charge in [-0.3, -0.25) is 9.13 Å². The van der Waals surface area contributed by atoms with Gasteiger partial charge in [-0.1, -0.05) is 176 Å². The van der Waals surface area contributed by atoms with Gasteiger partial charge in [-0.2, -0.15) is 0 Å². The van der Waals surface area contributed by atoms with Crippen molar-refractivity contribution in [3.63, 3.8) is 0 Å². The van der Waals surface area contributed by atoms with Gasteiger partial charge < -0.3 is 4.57 Å². The molecular formula is C64H39N5. The number of rotatable bonds is 5. The van der Waals surface area contributed by atoms with Gasteiger partial charge in [0, 0.05) is 55.0 Å². The normalized spacial score (nSPS) is 12.1. The van der Waals surface area contributed by atoms with Crippen LogP contribution in [0.2, 0.25) is 0 Å². The second-order valence-electron chi connectivity index (χ2n) is 18.1. The molecule has 0 spiro atoms. The largest absolute Gasteiger partial charge is 0.309 e. The number of fused-ring (bicyclic) bond motifs is 16. The van der Waals surface area contributed by atoms with Gasteiger partial charge in [0.2, 0.25) is 0 Å². The van der Waals surface area contributed by atoms with Crippen molar-refractivity contribution in [2.45, 2.75) is 0 Å². The third-order valence-corrected chi connectivity index (χ3v) is 14.4. The standard InChI is InChI=1S/C64H39N5/c1-2-16-43(17-3-1)67-58-29-15-10-24-52(58)63-59(67)37-36-51-45-35-34-42(38-53(45)44-18-4-5-23-50(44)62(51)63)40-30-32-41(33-31-40)64-65-60(68-54-25-11-6-19-46(54)47-20-7-12-26-55(47)68)39-61(66-64)69-56-27-13-8-21-48(56)49-22-9-14-28-57(49)69/h1-39H. The van der Waals surface area contributed by atoms with Crippen LogP contribution in [0.25, 0.3) is 138 Å². The molecule has 0 aliphatic carbocycles. The molecule has 0 saturated heterocycles. The van der Waals surface area contributed by atoms with Crippen LogP contribution in [0.15, 0.2) is 237 Å². The molecule has 0 bridgehead atoms. The molecule has 4 aromatic heterocycles. The molecule has 0 aliphatic heterocycles. The van der Waals surface area contributed by atoms with Crippen LogP contribution in [0.1, 0.15) is 0 Å². The summed E-state index contributed by atoms with van der Waals surface area (Å²) in [5, 5.41) is 14.9. The molecule has 11 aromatic carbocycles. The maximum atomic E-state index is 5.42. The molecule has 15 aromatic rings. The van der Waals surface area contributed by atoms with Crippen LogP contribution >= 0.6 is 0 Å². The molecule has 320 valence electrons. The van der Waals surface area contributed by atoms with Crippen molar-refractivity contribution in [3.8, 4) is 39.8 Å². The molecule has 0 aliphatic rings. The van der Waals surface area contributed by atoms with E-state index in [2.05, 4.69) is 250 Å². The molecule has 0 unspecified atom stereocenters. The summed E-state index contributed by atoms with van der Waals surface area (Å²) in [6.45, 7) is 0. The lowest BCUT2D eigenvalue weighted by Gasteiger charge is -2.15. The highest BCUT2D eigenvalue weighted by molar-refractivity contribution is 6.35. The highest BCUT2D eigenvalue weighted by Crippen LogP contribution is 2.44. The third kappa shape index (κ3) is 5.53. The molecule has 0 saturated carbocycles. The highest BCUT2D eigenvalue weighted by atomic mass is 15.1. The minimum atomic E-state index is 0.661. The van der Waals surface area contributed by atoms with Crippen molar-refractivity contribution in [2.24, 2.45) is 0 Å². The number of hydrogen-bond donors (Lipinski definition) is 0. The quantitative estimate of drug-likeness (QED) is 0.162. The smallest absolute Gasteiger partial charge is 0.163 e. The van der Waals surface area contributed by atoms with Crippen LogP contribution < -0.4 is 0 Å². The molecule has 0 N–H and O–H groups in total. The summed E-state index contributed by atoms with van der Waals surface area (Å²) in [7, 11) is 0. The van der Waals surface area contributed by atoms with E-state index in [4.69, 9.17) is 9.97 Å².